The zero-order chi connectivity index (χ0) is 44.4. The van der Waals surface area contributed by atoms with Crippen molar-refractivity contribution in [2.75, 3.05) is 0 Å². The van der Waals surface area contributed by atoms with E-state index in [-0.39, 0.29) is 21.7 Å². The van der Waals surface area contributed by atoms with Gasteiger partial charge in [0.25, 0.3) is 0 Å². The Hall–Kier alpha value is -4.14. The van der Waals surface area contributed by atoms with Crippen LogP contribution in [-0.2, 0) is 10.8 Å². The summed E-state index contributed by atoms with van der Waals surface area (Å²) in [6, 6.07) is 34.6. The predicted octanol–water partition coefficient (Wildman–Crippen LogP) is 18.2. The van der Waals surface area contributed by atoms with E-state index in [0.717, 1.165) is 51.4 Å². The van der Waals surface area contributed by atoms with Crippen LogP contribution in [0.2, 0.25) is 0 Å². The topological polar surface area (TPSA) is 47.6 Å². The van der Waals surface area contributed by atoms with Gasteiger partial charge in [-0.25, -0.2) is 0 Å². The molecule has 0 unspecified atom stereocenters. The quantitative estimate of drug-likeness (QED) is 0.0625. The lowest BCUT2D eigenvalue weighted by Gasteiger charge is -2.34. The number of nitriles is 2. The van der Waals surface area contributed by atoms with Gasteiger partial charge in [0.15, 0.2) is 0 Å². The minimum atomic E-state index is -0.309. The van der Waals surface area contributed by atoms with Crippen molar-refractivity contribution in [2.24, 2.45) is 10.8 Å². The number of hydrogen-bond donors (Lipinski definition) is 0. The average molecular weight is 829 g/mol. The lowest BCUT2D eigenvalue weighted by atomic mass is 9.69. The largest absolute Gasteiger partial charge is 0.198 e. The van der Waals surface area contributed by atoms with Gasteiger partial charge < -0.3 is 0 Å². The summed E-state index contributed by atoms with van der Waals surface area (Å²) in [4.78, 5) is 0. The molecule has 0 aromatic heterocycles. The zero-order valence-electron chi connectivity index (χ0n) is 40.4. The van der Waals surface area contributed by atoms with Gasteiger partial charge in [-0.2, -0.15) is 10.5 Å². The Labute approximate surface area is 379 Å². The second-order valence-electron chi connectivity index (χ2n) is 21.2. The number of hydrogen-bond acceptors (Lipinski definition) is 2. The monoisotopic (exact) mass is 829 g/mol. The maximum Gasteiger partial charge on any atom is 0.0683 e. The molecule has 0 radical (unpaired) electrons. The van der Waals surface area contributed by atoms with E-state index in [1.807, 2.05) is 0 Å². The number of nitrogens with zero attached hydrogens (tertiary/aromatic N) is 2. The number of rotatable bonds is 25. The normalized spacial score (nSPS) is 14.5. The number of aryl methyl sites for hydroxylation is 2. The van der Waals surface area contributed by atoms with Crippen LogP contribution in [0.4, 0.5) is 0 Å². The maximum atomic E-state index is 9.86. The number of benzene rings is 4. The third-order valence-corrected chi connectivity index (χ3v) is 15.2. The van der Waals surface area contributed by atoms with Gasteiger partial charge in [0.05, 0.1) is 23.0 Å². The fourth-order valence-corrected chi connectivity index (χ4v) is 11.4. The summed E-state index contributed by atoms with van der Waals surface area (Å²) in [5.74, 6) is 0. The molecule has 0 amide bonds. The van der Waals surface area contributed by atoms with E-state index in [0.29, 0.717) is 0 Å². The first-order valence-corrected chi connectivity index (χ1v) is 25.2. The van der Waals surface area contributed by atoms with Gasteiger partial charge in [-0.15, -0.1) is 0 Å². The molecule has 2 nitrogen and oxygen atoms in total. The maximum absolute atomic E-state index is 9.86. The van der Waals surface area contributed by atoms with Crippen LogP contribution in [0.15, 0.2) is 72.8 Å². The Morgan fingerprint density at radius 3 is 1.06 bits per heavy atom. The van der Waals surface area contributed by atoms with Crippen LogP contribution in [0.1, 0.15) is 216 Å². The van der Waals surface area contributed by atoms with Crippen molar-refractivity contribution in [3.8, 4) is 45.5 Å². The van der Waals surface area contributed by atoms with E-state index in [4.69, 9.17) is 0 Å². The van der Waals surface area contributed by atoms with Gasteiger partial charge in [-0.1, -0.05) is 188 Å². The van der Waals surface area contributed by atoms with Crippen LogP contribution in [-0.4, -0.2) is 0 Å². The van der Waals surface area contributed by atoms with Crippen LogP contribution < -0.4 is 0 Å². The molecule has 4 aromatic carbocycles. The molecule has 0 aliphatic heterocycles. The summed E-state index contributed by atoms with van der Waals surface area (Å²) >= 11 is 0. The second-order valence-corrected chi connectivity index (χ2v) is 21.2. The highest BCUT2D eigenvalue weighted by atomic mass is 14.5. The van der Waals surface area contributed by atoms with Crippen molar-refractivity contribution in [3.63, 3.8) is 0 Å². The average Bonchev–Trinajstić information content (AvgIpc) is 3.68. The summed E-state index contributed by atoms with van der Waals surface area (Å²) < 4.78 is 0. The van der Waals surface area contributed by atoms with Crippen molar-refractivity contribution in [2.45, 2.75) is 207 Å². The van der Waals surface area contributed by atoms with E-state index in [1.54, 1.807) is 11.1 Å². The summed E-state index contributed by atoms with van der Waals surface area (Å²) in [5.41, 5.74) is 16.5. The lowest BCUT2D eigenvalue weighted by molar-refractivity contribution is 0.358. The predicted molar refractivity (Wildman–Crippen MR) is 265 cm³/mol. The van der Waals surface area contributed by atoms with Crippen LogP contribution in [0.5, 0.6) is 0 Å². The summed E-state index contributed by atoms with van der Waals surface area (Å²) in [7, 11) is 0. The van der Waals surface area contributed by atoms with E-state index in [1.165, 1.54) is 146 Å². The summed E-state index contributed by atoms with van der Waals surface area (Å²) in [6.45, 7) is 17.5. The lowest BCUT2D eigenvalue weighted by Crippen LogP contribution is -2.26. The molecule has 2 heteroatoms. The smallest absolute Gasteiger partial charge is 0.0683 e. The van der Waals surface area contributed by atoms with Crippen molar-refractivity contribution in [3.05, 3.63) is 106 Å². The van der Waals surface area contributed by atoms with Crippen molar-refractivity contribution in [1.82, 2.24) is 0 Å². The highest BCUT2D eigenvalue weighted by molar-refractivity contribution is 5.87. The van der Waals surface area contributed by atoms with Crippen LogP contribution in [0.25, 0.3) is 33.4 Å². The molecule has 0 atom stereocenters. The highest BCUT2D eigenvalue weighted by Gasteiger charge is 2.44. The molecule has 0 spiro atoms. The molecule has 0 N–H and O–H groups in total. The first-order chi connectivity index (χ1) is 29.8. The van der Waals surface area contributed by atoms with E-state index in [2.05, 4.69) is 140 Å². The molecule has 6 rings (SSSR count). The Morgan fingerprint density at radius 2 is 0.710 bits per heavy atom. The van der Waals surface area contributed by atoms with Crippen molar-refractivity contribution < 1.29 is 0 Å². The molecular weight excluding hydrogens is 749 g/mol. The van der Waals surface area contributed by atoms with Crippen LogP contribution in [0.3, 0.4) is 0 Å². The van der Waals surface area contributed by atoms with Crippen molar-refractivity contribution >= 4 is 0 Å². The molecule has 330 valence electrons. The molecule has 0 saturated carbocycles. The van der Waals surface area contributed by atoms with Gasteiger partial charge in [-0.05, 0) is 148 Å². The molecule has 0 bridgehead atoms. The SMILES string of the molecule is CCCCCCCCC1(CCCCCCCC)c2cc(C)ccc2-c2ccc(-c3ccc4c(c3)C(CCCCC(C)(C)C#N)(CCCCC(C)(C)C#N)c3cc(C)ccc3-4)cc21. The van der Waals surface area contributed by atoms with E-state index < -0.39 is 0 Å². The van der Waals surface area contributed by atoms with Crippen molar-refractivity contribution in [1.29, 1.82) is 10.5 Å². The molecular formula is C60H80N2. The van der Waals surface area contributed by atoms with Gasteiger partial charge in [0, 0.05) is 10.8 Å². The minimum Gasteiger partial charge on any atom is -0.198 e. The molecule has 0 saturated heterocycles. The van der Waals surface area contributed by atoms with E-state index >= 15 is 0 Å². The number of unbranched alkanes of at least 4 members (excludes halogenated alkanes) is 12. The first kappa shape index (κ1) is 47.3. The highest BCUT2D eigenvalue weighted by Crippen LogP contribution is 2.58. The van der Waals surface area contributed by atoms with Crippen LogP contribution >= 0.6 is 0 Å². The van der Waals surface area contributed by atoms with Gasteiger partial charge in [0.1, 0.15) is 0 Å². The minimum absolute atomic E-state index is 0.0465. The summed E-state index contributed by atoms with van der Waals surface area (Å²) in [5, 5.41) is 19.7. The summed E-state index contributed by atoms with van der Waals surface area (Å²) in [6.07, 6.45) is 26.6. The molecule has 4 aromatic rings. The Balaban J connectivity index is 1.42. The van der Waals surface area contributed by atoms with Crippen LogP contribution in [0, 0.1) is 47.3 Å². The molecule has 2 aliphatic carbocycles. The first-order valence-electron chi connectivity index (χ1n) is 25.2. The standard InChI is InChI=1S/C60H80N2/c1-9-11-13-15-17-19-35-59(36-20-18-16-14-12-10-2)53-39-45(3)25-29-49(53)51-31-27-47(41-55(51)59)48-28-32-52-50-30-26-46(4)40-54(50)60(56(52)42-48,37-23-21-33-57(5,6)43-61)38-24-22-34-58(7,8)44-62/h25-32,39-42H,9-24,33-38H2,1-8H3. The Bertz CT molecular complexity index is 2150. The second kappa shape index (κ2) is 21.0. The Morgan fingerprint density at radius 1 is 0.403 bits per heavy atom. The van der Waals surface area contributed by atoms with Gasteiger partial charge in [-0.3, -0.25) is 0 Å². The molecule has 0 fully saturated rings. The van der Waals surface area contributed by atoms with E-state index in [9.17, 15) is 10.5 Å². The fourth-order valence-electron chi connectivity index (χ4n) is 11.4. The van der Waals surface area contributed by atoms with Gasteiger partial charge >= 0.3 is 0 Å². The Kier molecular flexibility index (Phi) is 16.1. The number of fused-ring (bicyclic) bond motifs is 6. The third-order valence-electron chi connectivity index (χ3n) is 15.2. The zero-order valence-corrected chi connectivity index (χ0v) is 40.4. The van der Waals surface area contributed by atoms with Gasteiger partial charge in [0.2, 0.25) is 0 Å². The molecule has 0 heterocycles. The molecule has 2 aliphatic rings. The molecule has 62 heavy (non-hydrogen) atoms. The fraction of sp³-hybridized carbons (Fsp3) is 0.567. The third kappa shape index (κ3) is 10.6.